The number of nitrogens with two attached hydrogens (primary N) is 1. The van der Waals surface area contributed by atoms with E-state index in [4.69, 9.17) is 15.2 Å². The van der Waals surface area contributed by atoms with E-state index in [0.29, 0.717) is 12.5 Å². The van der Waals surface area contributed by atoms with Crippen molar-refractivity contribution in [2.45, 2.75) is 38.1 Å². The molecule has 1 saturated heterocycles. The Hall–Kier alpha value is -0.980. The summed E-state index contributed by atoms with van der Waals surface area (Å²) < 4.78 is 12.6. The molecule has 1 fully saturated rings. The Balaban J connectivity index is 2.03. The molecule has 1 unspecified atom stereocenters. The Bertz CT molecular complexity index is 375. The van der Waals surface area contributed by atoms with E-state index in [0.717, 1.165) is 57.7 Å². The maximum Gasteiger partial charge on any atom is 0.0875 e. The van der Waals surface area contributed by atoms with Gasteiger partial charge in [0.15, 0.2) is 0 Å². The first-order valence-corrected chi connectivity index (χ1v) is 7.05. The number of nitrogens with zero attached hydrogens (tertiary/aromatic N) is 3. The molecule has 1 atom stereocenters. The lowest BCUT2D eigenvalue weighted by Gasteiger charge is -2.12. The Morgan fingerprint density at radius 3 is 3.05 bits per heavy atom. The standard InChI is InChI=1S/C13H24N4O2/c1-18-8-3-2-7-17-13(11-5-9-19-10-11)12(4-6-14)15-16-17/h11H,2-10,14H2,1H3. The fourth-order valence-electron chi connectivity index (χ4n) is 2.54. The van der Waals surface area contributed by atoms with Crippen LogP contribution in [-0.2, 0) is 22.4 Å². The third-order valence-electron chi connectivity index (χ3n) is 3.51. The van der Waals surface area contributed by atoms with Crippen LogP contribution in [0.25, 0.3) is 0 Å². The molecule has 0 radical (unpaired) electrons. The number of aryl methyl sites for hydroxylation is 1. The van der Waals surface area contributed by atoms with Gasteiger partial charge in [-0.05, 0) is 25.8 Å². The summed E-state index contributed by atoms with van der Waals surface area (Å²) in [6.45, 7) is 3.92. The van der Waals surface area contributed by atoms with Crippen LogP contribution >= 0.6 is 0 Å². The third-order valence-corrected chi connectivity index (χ3v) is 3.51. The van der Waals surface area contributed by atoms with E-state index in [1.54, 1.807) is 7.11 Å². The highest BCUT2D eigenvalue weighted by molar-refractivity contribution is 5.17. The summed E-state index contributed by atoms with van der Waals surface area (Å²) in [6.07, 6.45) is 3.95. The van der Waals surface area contributed by atoms with Crippen molar-refractivity contribution < 1.29 is 9.47 Å². The summed E-state index contributed by atoms with van der Waals surface area (Å²) in [5, 5.41) is 8.59. The molecule has 2 rings (SSSR count). The van der Waals surface area contributed by atoms with Gasteiger partial charge < -0.3 is 15.2 Å². The zero-order chi connectivity index (χ0) is 13.5. The minimum absolute atomic E-state index is 0.430. The molecule has 1 aromatic heterocycles. The van der Waals surface area contributed by atoms with Gasteiger partial charge in [-0.1, -0.05) is 5.21 Å². The van der Waals surface area contributed by atoms with Gasteiger partial charge in [-0.2, -0.15) is 0 Å². The first-order chi connectivity index (χ1) is 9.36. The minimum atomic E-state index is 0.430. The van der Waals surface area contributed by atoms with Crippen molar-refractivity contribution >= 4 is 0 Å². The molecule has 0 aliphatic carbocycles. The monoisotopic (exact) mass is 268 g/mol. The molecule has 1 aliphatic rings. The van der Waals surface area contributed by atoms with Gasteiger partial charge in [-0.15, -0.1) is 5.10 Å². The van der Waals surface area contributed by atoms with Gasteiger partial charge in [-0.25, -0.2) is 4.68 Å². The molecule has 6 nitrogen and oxygen atoms in total. The number of methoxy groups -OCH3 is 1. The van der Waals surface area contributed by atoms with E-state index in [1.165, 1.54) is 5.69 Å². The average Bonchev–Trinajstić information content (AvgIpc) is 3.04. The van der Waals surface area contributed by atoms with E-state index in [2.05, 4.69) is 10.3 Å². The van der Waals surface area contributed by atoms with Crippen LogP contribution in [0.5, 0.6) is 0 Å². The van der Waals surface area contributed by atoms with Crippen LogP contribution in [0.15, 0.2) is 0 Å². The lowest BCUT2D eigenvalue weighted by molar-refractivity contribution is 0.189. The number of unbranched alkanes of at least 4 members (excludes halogenated alkanes) is 1. The minimum Gasteiger partial charge on any atom is -0.385 e. The smallest absolute Gasteiger partial charge is 0.0875 e. The van der Waals surface area contributed by atoms with Gasteiger partial charge in [0.1, 0.15) is 0 Å². The maximum atomic E-state index is 5.65. The van der Waals surface area contributed by atoms with Gasteiger partial charge in [0.05, 0.1) is 18.0 Å². The van der Waals surface area contributed by atoms with Crippen molar-refractivity contribution in [3.05, 3.63) is 11.4 Å². The van der Waals surface area contributed by atoms with Crippen molar-refractivity contribution in [1.29, 1.82) is 0 Å². The molecule has 1 aliphatic heterocycles. The first kappa shape index (κ1) is 14.4. The molecular formula is C13H24N4O2. The van der Waals surface area contributed by atoms with Crippen molar-refractivity contribution in [2.75, 3.05) is 33.5 Å². The first-order valence-electron chi connectivity index (χ1n) is 7.05. The molecule has 0 saturated carbocycles. The summed E-state index contributed by atoms with van der Waals surface area (Å²) in [4.78, 5) is 0. The fraction of sp³-hybridized carbons (Fsp3) is 0.846. The van der Waals surface area contributed by atoms with Gasteiger partial charge in [0.25, 0.3) is 0 Å². The van der Waals surface area contributed by atoms with Crippen LogP contribution in [0, 0.1) is 0 Å². The van der Waals surface area contributed by atoms with Gasteiger partial charge in [0, 0.05) is 39.2 Å². The van der Waals surface area contributed by atoms with Crippen LogP contribution < -0.4 is 5.73 Å². The Morgan fingerprint density at radius 1 is 1.47 bits per heavy atom. The molecular weight excluding hydrogens is 244 g/mol. The Labute approximate surface area is 114 Å². The molecule has 2 N–H and O–H groups in total. The molecule has 2 heterocycles. The molecule has 0 spiro atoms. The van der Waals surface area contributed by atoms with Crippen LogP contribution in [0.4, 0.5) is 0 Å². The van der Waals surface area contributed by atoms with E-state index >= 15 is 0 Å². The van der Waals surface area contributed by atoms with Gasteiger partial charge >= 0.3 is 0 Å². The van der Waals surface area contributed by atoms with Crippen LogP contribution in [-0.4, -0.2) is 48.5 Å². The number of hydrogen-bond acceptors (Lipinski definition) is 5. The molecule has 6 heteroatoms. The number of ether oxygens (including phenoxy) is 2. The summed E-state index contributed by atoms with van der Waals surface area (Å²) in [7, 11) is 1.73. The fourth-order valence-corrected chi connectivity index (χ4v) is 2.54. The second-order valence-electron chi connectivity index (χ2n) is 4.94. The summed E-state index contributed by atoms with van der Waals surface area (Å²) >= 11 is 0. The lowest BCUT2D eigenvalue weighted by atomic mass is 10.0. The second kappa shape index (κ2) is 7.57. The quantitative estimate of drug-likeness (QED) is 0.703. The van der Waals surface area contributed by atoms with E-state index < -0.39 is 0 Å². The van der Waals surface area contributed by atoms with E-state index in [1.807, 2.05) is 4.68 Å². The van der Waals surface area contributed by atoms with E-state index in [-0.39, 0.29) is 0 Å². The third kappa shape index (κ3) is 3.75. The normalized spacial score (nSPS) is 19.2. The summed E-state index contributed by atoms with van der Waals surface area (Å²) in [5.74, 6) is 0.430. The van der Waals surface area contributed by atoms with Crippen LogP contribution in [0.1, 0.15) is 36.6 Å². The van der Waals surface area contributed by atoms with Crippen molar-refractivity contribution in [2.24, 2.45) is 5.73 Å². The number of rotatable bonds is 8. The number of hydrogen-bond donors (Lipinski definition) is 1. The zero-order valence-corrected chi connectivity index (χ0v) is 11.7. The molecule has 0 bridgehead atoms. The highest BCUT2D eigenvalue weighted by Crippen LogP contribution is 2.27. The van der Waals surface area contributed by atoms with E-state index in [9.17, 15) is 0 Å². The second-order valence-corrected chi connectivity index (χ2v) is 4.94. The topological polar surface area (TPSA) is 75.2 Å². The Morgan fingerprint density at radius 2 is 2.37 bits per heavy atom. The predicted octanol–water partition coefficient (Wildman–Crippen LogP) is 0.710. The molecule has 19 heavy (non-hydrogen) atoms. The van der Waals surface area contributed by atoms with Crippen LogP contribution in [0.3, 0.4) is 0 Å². The molecule has 0 amide bonds. The zero-order valence-electron chi connectivity index (χ0n) is 11.7. The Kier molecular flexibility index (Phi) is 5.75. The highest BCUT2D eigenvalue weighted by atomic mass is 16.5. The van der Waals surface area contributed by atoms with Crippen LogP contribution in [0.2, 0.25) is 0 Å². The predicted molar refractivity (Wildman–Crippen MR) is 72.1 cm³/mol. The maximum absolute atomic E-state index is 5.65. The molecule has 108 valence electrons. The average molecular weight is 268 g/mol. The van der Waals surface area contributed by atoms with Gasteiger partial charge in [-0.3, -0.25) is 0 Å². The van der Waals surface area contributed by atoms with Crippen molar-refractivity contribution in [3.63, 3.8) is 0 Å². The summed E-state index contributed by atoms with van der Waals surface area (Å²) in [6, 6.07) is 0. The molecule has 1 aromatic rings. The lowest BCUT2D eigenvalue weighted by Crippen LogP contribution is -2.13. The van der Waals surface area contributed by atoms with Crippen molar-refractivity contribution in [1.82, 2.24) is 15.0 Å². The largest absolute Gasteiger partial charge is 0.385 e. The summed E-state index contributed by atoms with van der Waals surface area (Å²) in [5.41, 5.74) is 7.93. The van der Waals surface area contributed by atoms with Gasteiger partial charge in [0.2, 0.25) is 0 Å². The SMILES string of the molecule is COCCCCn1nnc(CCN)c1C1CCOC1. The molecule has 0 aromatic carbocycles. The van der Waals surface area contributed by atoms with Crippen molar-refractivity contribution in [3.8, 4) is 0 Å². The number of aromatic nitrogens is 3. The highest BCUT2D eigenvalue weighted by Gasteiger charge is 2.25.